The second kappa shape index (κ2) is 2.70. The molecule has 1 aliphatic rings. The largest absolute Gasteiger partial charge is 0.121 e. The maximum Gasteiger partial charge on any atom is 0.00276 e. The Morgan fingerprint density at radius 2 is 2.44 bits per heavy atom. The fourth-order valence-corrected chi connectivity index (χ4v) is 1.05. The Bertz CT molecular complexity index is 178. The van der Waals surface area contributed by atoms with Gasteiger partial charge in [-0.1, -0.05) is 26.0 Å². The van der Waals surface area contributed by atoms with Crippen LogP contribution in [0, 0.1) is 5.92 Å². The minimum Gasteiger partial charge on any atom is -0.121 e. The third-order valence-corrected chi connectivity index (χ3v) is 1.70. The Hall–Kier alpha value is -0.740. The minimum absolute atomic E-state index is 0.611. The number of hydrogen-bond donors (Lipinski definition) is 0. The van der Waals surface area contributed by atoms with Crippen molar-refractivity contribution >= 4 is 0 Å². The van der Waals surface area contributed by atoms with Gasteiger partial charge in [0.05, 0.1) is 0 Å². The van der Waals surface area contributed by atoms with E-state index in [2.05, 4.69) is 31.7 Å². The van der Waals surface area contributed by atoms with Gasteiger partial charge in [-0.3, -0.25) is 0 Å². The van der Waals surface area contributed by atoms with Crippen LogP contribution in [0.2, 0.25) is 0 Å². The molecule has 0 radical (unpaired) electrons. The predicted molar refractivity (Wildman–Crippen MR) is 40.2 cm³/mol. The molecule has 1 atom stereocenters. The van der Waals surface area contributed by atoms with Crippen LogP contribution >= 0.6 is 0 Å². The summed E-state index contributed by atoms with van der Waals surface area (Å²) in [7, 11) is 0. The monoisotopic (exact) mass is 120 g/mol. The molecule has 0 aliphatic heterocycles. The fraction of sp³-hybridized carbons (Fsp3) is 0.444. The highest BCUT2D eigenvalue weighted by molar-refractivity contribution is 5.21. The molecule has 0 aromatic heterocycles. The van der Waals surface area contributed by atoms with Crippen molar-refractivity contribution < 1.29 is 0 Å². The van der Waals surface area contributed by atoms with Crippen LogP contribution in [0.1, 0.15) is 20.3 Å². The molecule has 0 nitrogen and oxygen atoms in total. The average Bonchev–Trinajstić information content (AvgIpc) is 1.89. The first-order valence-corrected chi connectivity index (χ1v) is 3.47. The zero-order valence-corrected chi connectivity index (χ0v) is 6.02. The van der Waals surface area contributed by atoms with Crippen LogP contribution in [0.3, 0.4) is 0 Å². The molecule has 0 aromatic carbocycles. The zero-order valence-electron chi connectivity index (χ0n) is 6.02. The molecule has 9 heavy (non-hydrogen) atoms. The van der Waals surface area contributed by atoms with E-state index in [4.69, 9.17) is 0 Å². The molecular formula is C9H12. The quantitative estimate of drug-likeness (QED) is 0.467. The van der Waals surface area contributed by atoms with E-state index in [1.165, 1.54) is 5.57 Å². The molecule has 0 spiro atoms. The topological polar surface area (TPSA) is 0 Å². The SMILES string of the molecule is CCC1=C=CC=CC1C. The molecule has 0 heteroatoms. The lowest BCUT2D eigenvalue weighted by Gasteiger charge is -2.08. The van der Waals surface area contributed by atoms with Crippen LogP contribution in [0.5, 0.6) is 0 Å². The van der Waals surface area contributed by atoms with Gasteiger partial charge in [0, 0.05) is 5.92 Å². The second-order valence-electron chi connectivity index (χ2n) is 2.36. The maximum atomic E-state index is 3.22. The van der Waals surface area contributed by atoms with Crippen molar-refractivity contribution in [3.63, 3.8) is 0 Å². The summed E-state index contributed by atoms with van der Waals surface area (Å²) in [6, 6.07) is 0. The van der Waals surface area contributed by atoms with Crippen LogP contribution in [-0.2, 0) is 0 Å². The van der Waals surface area contributed by atoms with Gasteiger partial charge in [0.2, 0.25) is 0 Å². The smallest absolute Gasteiger partial charge is 0.00276 e. The molecule has 0 aromatic rings. The Balaban J connectivity index is 2.81. The minimum atomic E-state index is 0.611. The maximum absolute atomic E-state index is 3.22. The van der Waals surface area contributed by atoms with Crippen LogP contribution in [-0.4, -0.2) is 0 Å². The first-order valence-electron chi connectivity index (χ1n) is 3.47. The number of rotatable bonds is 1. The molecule has 48 valence electrons. The Morgan fingerprint density at radius 3 is 2.89 bits per heavy atom. The number of hydrogen-bond acceptors (Lipinski definition) is 0. The molecule has 0 saturated carbocycles. The van der Waals surface area contributed by atoms with Gasteiger partial charge in [-0.2, -0.15) is 0 Å². The summed E-state index contributed by atoms with van der Waals surface area (Å²) in [5.74, 6) is 0.611. The average molecular weight is 120 g/mol. The first-order chi connectivity index (χ1) is 4.34. The van der Waals surface area contributed by atoms with E-state index >= 15 is 0 Å². The molecule has 0 fully saturated rings. The lowest BCUT2D eigenvalue weighted by Crippen LogP contribution is -1.94. The fourth-order valence-electron chi connectivity index (χ4n) is 1.05. The zero-order chi connectivity index (χ0) is 6.69. The van der Waals surface area contributed by atoms with E-state index in [9.17, 15) is 0 Å². The van der Waals surface area contributed by atoms with Gasteiger partial charge in [0.1, 0.15) is 0 Å². The Kier molecular flexibility index (Phi) is 1.92. The Morgan fingerprint density at radius 1 is 1.67 bits per heavy atom. The van der Waals surface area contributed by atoms with Gasteiger partial charge in [-0.05, 0) is 18.1 Å². The van der Waals surface area contributed by atoms with E-state index in [-0.39, 0.29) is 0 Å². The van der Waals surface area contributed by atoms with E-state index in [1.54, 1.807) is 0 Å². The third-order valence-electron chi connectivity index (χ3n) is 1.70. The third kappa shape index (κ3) is 1.34. The van der Waals surface area contributed by atoms with Gasteiger partial charge >= 0.3 is 0 Å². The van der Waals surface area contributed by atoms with Crippen LogP contribution < -0.4 is 0 Å². The summed E-state index contributed by atoms with van der Waals surface area (Å²) in [6.45, 7) is 4.38. The summed E-state index contributed by atoms with van der Waals surface area (Å²) >= 11 is 0. The summed E-state index contributed by atoms with van der Waals surface area (Å²) in [6.07, 6.45) is 7.38. The van der Waals surface area contributed by atoms with Crippen molar-refractivity contribution in [1.82, 2.24) is 0 Å². The highest BCUT2D eigenvalue weighted by Crippen LogP contribution is 2.16. The molecule has 0 heterocycles. The molecule has 0 bridgehead atoms. The van der Waals surface area contributed by atoms with Gasteiger partial charge in [0.15, 0.2) is 0 Å². The lowest BCUT2D eigenvalue weighted by atomic mass is 9.97. The summed E-state index contributed by atoms with van der Waals surface area (Å²) in [5.41, 5.74) is 4.64. The van der Waals surface area contributed by atoms with E-state index in [0.29, 0.717) is 5.92 Å². The van der Waals surface area contributed by atoms with Gasteiger partial charge in [-0.15, -0.1) is 5.73 Å². The van der Waals surface area contributed by atoms with Crippen molar-refractivity contribution in [2.24, 2.45) is 5.92 Å². The molecule has 1 aliphatic carbocycles. The number of allylic oxidation sites excluding steroid dienone is 3. The van der Waals surface area contributed by atoms with Gasteiger partial charge < -0.3 is 0 Å². The summed E-state index contributed by atoms with van der Waals surface area (Å²) < 4.78 is 0. The van der Waals surface area contributed by atoms with E-state index in [1.807, 2.05) is 6.08 Å². The van der Waals surface area contributed by atoms with Crippen LogP contribution in [0.4, 0.5) is 0 Å². The van der Waals surface area contributed by atoms with Gasteiger partial charge in [0.25, 0.3) is 0 Å². The van der Waals surface area contributed by atoms with Crippen molar-refractivity contribution in [1.29, 1.82) is 0 Å². The lowest BCUT2D eigenvalue weighted by molar-refractivity contribution is 0.808. The molecule has 0 N–H and O–H groups in total. The molecular weight excluding hydrogens is 108 g/mol. The van der Waals surface area contributed by atoms with E-state index < -0.39 is 0 Å². The molecule has 1 rings (SSSR count). The highest BCUT2D eigenvalue weighted by atomic mass is 14.1. The standard InChI is InChI=1S/C9H12/c1-3-9-7-5-4-6-8(9)2/h4-6,8H,3H2,1-2H3. The van der Waals surface area contributed by atoms with Crippen molar-refractivity contribution in [3.8, 4) is 0 Å². The second-order valence-corrected chi connectivity index (χ2v) is 2.36. The summed E-state index contributed by atoms with van der Waals surface area (Å²) in [4.78, 5) is 0. The molecule has 0 amide bonds. The van der Waals surface area contributed by atoms with Crippen molar-refractivity contribution in [2.45, 2.75) is 20.3 Å². The highest BCUT2D eigenvalue weighted by Gasteiger charge is 2.02. The predicted octanol–water partition coefficient (Wildman–Crippen LogP) is 2.68. The molecule has 0 saturated heterocycles. The van der Waals surface area contributed by atoms with E-state index in [0.717, 1.165) is 6.42 Å². The van der Waals surface area contributed by atoms with Crippen molar-refractivity contribution in [3.05, 3.63) is 29.5 Å². The first kappa shape index (κ1) is 6.38. The summed E-state index contributed by atoms with van der Waals surface area (Å²) in [5, 5.41) is 0. The normalized spacial score (nSPS) is 24.2. The molecule has 1 unspecified atom stereocenters. The van der Waals surface area contributed by atoms with Gasteiger partial charge in [-0.25, -0.2) is 0 Å². The Labute approximate surface area is 56.6 Å². The van der Waals surface area contributed by atoms with Crippen molar-refractivity contribution in [2.75, 3.05) is 0 Å². The van der Waals surface area contributed by atoms with Crippen LogP contribution in [0.15, 0.2) is 29.5 Å². The van der Waals surface area contributed by atoms with Crippen LogP contribution in [0.25, 0.3) is 0 Å².